The molecule has 0 aromatic heterocycles. The summed E-state index contributed by atoms with van der Waals surface area (Å²) in [4.78, 5) is 11.3. The normalized spacial score (nSPS) is 17.6. The number of ether oxygens (including phenoxy) is 2. The van der Waals surface area contributed by atoms with Gasteiger partial charge in [0.2, 0.25) is 10.0 Å². The third kappa shape index (κ3) is 3.49. The summed E-state index contributed by atoms with van der Waals surface area (Å²) >= 11 is 0. The molecule has 22 heavy (non-hydrogen) atoms. The van der Waals surface area contributed by atoms with E-state index < -0.39 is 33.7 Å². The van der Waals surface area contributed by atoms with Crippen molar-refractivity contribution in [1.29, 1.82) is 0 Å². The minimum absolute atomic E-state index is 0.0710. The van der Waals surface area contributed by atoms with E-state index in [0.29, 0.717) is 0 Å². The summed E-state index contributed by atoms with van der Waals surface area (Å²) in [5.74, 6) is -1.67. The van der Waals surface area contributed by atoms with Crippen LogP contribution in [0.5, 0.6) is 5.75 Å². The highest BCUT2D eigenvalue weighted by Crippen LogP contribution is 2.37. The fourth-order valence-electron chi connectivity index (χ4n) is 2.20. The van der Waals surface area contributed by atoms with Crippen LogP contribution in [-0.2, 0) is 19.6 Å². The SMILES string of the molecule is CCOC(=O)CCS(=O)(=O)N1CC(C)Oc2c(F)cccc21. The van der Waals surface area contributed by atoms with E-state index in [0.717, 1.165) is 4.31 Å². The van der Waals surface area contributed by atoms with Crippen LogP contribution in [0.1, 0.15) is 20.3 Å². The van der Waals surface area contributed by atoms with Crippen molar-refractivity contribution >= 4 is 21.7 Å². The Kier molecular flexibility index (Phi) is 4.90. The number of carbonyl (C=O) groups excluding carboxylic acids is 1. The molecule has 1 aromatic rings. The molecule has 2 rings (SSSR count). The Labute approximate surface area is 128 Å². The first-order chi connectivity index (χ1) is 10.3. The summed E-state index contributed by atoms with van der Waals surface area (Å²) in [7, 11) is -3.77. The second-order valence-electron chi connectivity index (χ2n) is 4.92. The number of fused-ring (bicyclic) bond motifs is 1. The summed E-state index contributed by atoms with van der Waals surface area (Å²) in [6.45, 7) is 3.57. The Morgan fingerprint density at radius 2 is 2.23 bits per heavy atom. The lowest BCUT2D eigenvalue weighted by molar-refractivity contribution is -0.142. The van der Waals surface area contributed by atoms with Crippen LogP contribution in [0.2, 0.25) is 0 Å². The maximum absolute atomic E-state index is 13.8. The Morgan fingerprint density at radius 3 is 2.91 bits per heavy atom. The maximum Gasteiger partial charge on any atom is 0.306 e. The standard InChI is InChI=1S/C14H18FNO5S/c1-3-20-13(17)7-8-22(18,19)16-9-10(2)21-14-11(15)5-4-6-12(14)16/h4-6,10H,3,7-9H2,1-2H3. The molecule has 0 N–H and O–H groups in total. The van der Waals surface area contributed by atoms with E-state index >= 15 is 0 Å². The predicted molar refractivity (Wildman–Crippen MR) is 78.9 cm³/mol. The minimum atomic E-state index is -3.77. The number of carbonyl (C=O) groups is 1. The molecular weight excluding hydrogens is 313 g/mol. The number of para-hydroxylation sites is 1. The van der Waals surface area contributed by atoms with Gasteiger partial charge in [0.15, 0.2) is 11.6 Å². The third-order valence-corrected chi connectivity index (χ3v) is 4.90. The summed E-state index contributed by atoms with van der Waals surface area (Å²) in [5, 5.41) is 0. The molecule has 0 spiro atoms. The predicted octanol–water partition coefficient (Wildman–Crippen LogP) is 1.70. The van der Waals surface area contributed by atoms with Gasteiger partial charge in [-0.3, -0.25) is 9.10 Å². The summed E-state index contributed by atoms with van der Waals surface area (Å²) in [6, 6.07) is 4.11. The summed E-state index contributed by atoms with van der Waals surface area (Å²) < 4.78 is 49.9. The first-order valence-electron chi connectivity index (χ1n) is 6.96. The number of anilines is 1. The smallest absolute Gasteiger partial charge is 0.306 e. The van der Waals surface area contributed by atoms with Crippen molar-refractivity contribution in [3.8, 4) is 5.75 Å². The van der Waals surface area contributed by atoms with Crippen molar-refractivity contribution in [1.82, 2.24) is 0 Å². The average Bonchev–Trinajstić information content (AvgIpc) is 2.46. The van der Waals surface area contributed by atoms with E-state index in [2.05, 4.69) is 0 Å². The third-order valence-electron chi connectivity index (χ3n) is 3.16. The molecule has 0 bridgehead atoms. The first-order valence-corrected chi connectivity index (χ1v) is 8.57. The van der Waals surface area contributed by atoms with E-state index in [1.54, 1.807) is 13.8 Å². The lowest BCUT2D eigenvalue weighted by Gasteiger charge is -2.34. The Balaban J connectivity index is 2.25. The van der Waals surface area contributed by atoms with Gasteiger partial charge in [0, 0.05) is 0 Å². The van der Waals surface area contributed by atoms with E-state index in [-0.39, 0.29) is 31.0 Å². The number of sulfonamides is 1. The number of halogens is 1. The van der Waals surface area contributed by atoms with E-state index in [1.165, 1.54) is 18.2 Å². The highest BCUT2D eigenvalue weighted by Gasteiger charge is 2.33. The molecule has 0 aliphatic carbocycles. The first kappa shape index (κ1) is 16.5. The lowest BCUT2D eigenvalue weighted by Crippen LogP contribution is -2.43. The van der Waals surface area contributed by atoms with Gasteiger partial charge in [-0.15, -0.1) is 0 Å². The lowest BCUT2D eigenvalue weighted by atomic mass is 10.2. The van der Waals surface area contributed by atoms with Crippen molar-refractivity contribution in [3.63, 3.8) is 0 Å². The number of nitrogens with zero attached hydrogens (tertiary/aromatic N) is 1. The van der Waals surface area contributed by atoms with Crippen LogP contribution in [0.15, 0.2) is 18.2 Å². The fourth-order valence-corrected chi connectivity index (χ4v) is 3.73. The quantitative estimate of drug-likeness (QED) is 0.768. The van der Waals surface area contributed by atoms with Crippen LogP contribution in [0.25, 0.3) is 0 Å². The molecule has 6 nitrogen and oxygen atoms in total. The molecule has 0 radical (unpaired) electrons. The molecular formula is C14H18FNO5S. The summed E-state index contributed by atoms with van der Waals surface area (Å²) in [6.07, 6.45) is -0.728. The topological polar surface area (TPSA) is 72.9 Å². The zero-order valence-electron chi connectivity index (χ0n) is 12.4. The number of benzene rings is 1. The molecule has 1 unspecified atom stereocenters. The van der Waals surface area contributed by atoms with Crippen molar-refractivity contribution < 1.29 is 27.1 Å². The van der Waals surface area contributed by atoms with Gasteiger partial charge in [-0.1, -0.05) is 6.07 Å². The Bertz CT molecular complexity index is 661. The Morgan fingerprint density at radius 1 is 1.50 bits per heavy atom. The second-order valence-corrected chi connectivity index (χ2v) is 6.93. The van der Waals surface area contributed by atoms with Crippen LogP contribution in [0.3, 0.4) is 0 Å². The molecule has 1 atom stereocenters. The molecule has 1 heterocycles. The van der Waals surface area contributed by atoms with Gasteiger partial charge in [-0.2, -0.15) is 0 Å². The van der Waals surface area contributed by atoms with Gasteiger partial charge in [-0.05, 0) is 26.0 Å². The largest absolute Gasteiger partial charge is 0.484 e. The fraction of sp³-hybridized carbons (Fsp3) is 0.500. The number of esters is 1. The highest BCUT2D eigenvalue weighted by molar-refractivity contribution is 7.92. The zero-order chi connectivity index (χ0) is 16.3. The van der Waals surface area contributed by atoms with Gasteiger partial charge in [-0.25, -0.2) is 12.8 Å². The summed E-state index contributed by atoms with van der Waals surface area (Å²) in [5.41, 5.74) is 0.155. The van der Waals surface area contributed by atoms with Gasteiger partial charge >= 0.3 is 5.97 Å². The van der Waals surface area contributed by atoms with E-state index in [1.807, 2.05) is 0 Å². The molecule has 1 aliphatic rings. The van der Waals surface area contributed by atoms with Crippen molar-refractivity contribution in [2.75, 3.05) is 23.2 Å². The number of hydrogen-bond acceptors (Lipinski definition) is 5. The molecule has 1 aromatic carbocycles. The van der Waals surface area contributed by atoms with Crippen LogP contribution < -0.4 is 9.04 Å². The molecule has 1 aliphatic heterocycles. The van der Waals surface area contributed by atoms with Crippen molar-refractivity contribution in [2.45, 2.75) is 26.4 Å². The molecule has 0 saturated carbocycles. The maximum atomic E-state index is 13.8. The van der Waals surface area contributed by atoms with E-state index in [9.17, 15) is 17.6 Å². The van der Waals surface area contributed by atoms with Crippen molar-refractivity contribution in [2.24, 2.45) is 0 Å². The second kappa shape index (κ2) is 6.51. The zero-order valence-corrected chi connectivity index (χ0v) is 13.2. The molecule has 0 fully saturated rings. The van der Waals surface area contributed by atoms with Crippen LogP contribution >= 0.6 is 0 Å². The van der Waals surface area contributed by atoms with Crippen molar-refractivity contribution in [3.05, 3.63) is 24.0 Å². The minimum Gasteiger partial charge on any atom is -0.484 e. The Hall–Kier alpha value is -1.83. The number of rotatable bonds is 5. The van der Waals surface area contributed by atoms with E-state index in [4.69, 9.17) is 9.47 Å². The molecule has 8 heteroatoms. The monoisotopic (exact) mass is 331 g/mol. The van der Waals surface area contributed by atoms with Gasteiger partial charge < -0.3 is 9.47 Å². The van der Waals surface area contributed by atoms with Crippen LogP contribution in [-0.4, -0.2) is 39.4 Å². The van der Waals surface area contributed by atoms with Gasteiger partial charge in [0.1, 0.15) is 6.10 Å². The number of hydrogen-bond donors (Lipinski definition) is 0. The molecule has 0 amide bonds. The van der Waals surface area contributed by atoms with Gasteiger partial charge in [0.05, 0.1) is 31.0 Å². The van der Waals surface area contributed by atoms with Crippen LogP contribution in [0, 0.1) is 5.82 Å². The van der Waals surface area contributed by atoms with Gasteiger partial charge in [0.25, 0.3) is 0 Å². The molecule has 122 valence electrons. The average molecular weight is 331 g/mol. The molecule has 0 saturated heterocycles. The highest BCUT2D eigenvalue weighted by atomic mass is 32.2. The van der Waals surface area contributed by atoms with Crippen LogP contribution in [0.4, 0.5) is 10.1 Å².